The summed E-state index contributed by atoms with van der Waals surface area (Å²) in [6, 6.07) is 9.23. The van der Waals surface area contributed by atoms with Crippen molar-refractivity contribution in [1.82, 2.24) is 0 Å². The SMILES string of the molecule is Cc1cc(OCC(=O)Nc2cccc(F)c2)cc(C)c1Cl. The van der Waals surface area contributed by atoms with Gasteiger partial charge in [-0.3, -0.25) is 4.79 Å². The molecule has 0 heterocycles. The van der Waals surface area contributed by atoms with Crippen molar-refractivity contribution in [2.24, 2.45) is 0 Å². The Morgan fingerprint density at radius 2 is 1.90 bits per heavy atom. The van der Waals surface area contributed by atoms with Crippen molar-refractivity contribution in [3.8, 4) is 5.75 Å². The van der Waals surface area contributed by atoms with E-state index in [1.165, 1.54) is 18.2 Å². The molecule has 2 aromatic carbocycles. The van der Waals surface area contributed by atoms with Crippen molar-refractivity contribution in [3.05, 3.63) is 58.4 Å². The lowest BCUT2D eigenvalue weighted by molar-refractivity contribution is -0.118. The van der Waals surface area contributed by atoms with Crippen molar-refractivity contribution in [1.29, 1.82) is 0 Å². The van der Waals surface area contributed by atoms with Gasteiger partial charge < -0.3 is 10.1 Å². The normalized spacial score (nSPS) is 10.3. The smallest absolute Gasteiger partial charge is 0.262 e. The van der Waals surface area contributed by atoms with Crippen LogP contribution in [0.5, 0.6) is 5.75 Å². The van der Waals surface area contributed by atoms with Crippen LogP contribution in [0.4, 0.5) is 10.1 Å². The first kappa shape index (κ1) is 15.3. The standard InChI is InChI=1S/C16H15ClFNO2/c1-10-6-14(7-11(2)16(10)17)21-9-15(20)19-13-5-3-4-12(18)8-13/h3-8H,9H2,1-2H3,(H,19,20). The Kier molecular flexibility index (Phi) is 4.81. The number of aryl methyl sites for hydroxylation is 2. The number of rotatable bonds is 4. The lowest BCUT2D eigenvalue weighted by Crippen LogP contribution is -2.20. The maximum atomic E-state index is 13.0. The summed E-state index contributed by atoms with van der Waals surface area (Å²) in [5, 5.41) is 3.25. The minimum absolute atomic E-state index is 0.156. The van der Waals surface area contributed by atoms with Crippen LogP contribution in [-0.2, 0) is 4.79 Å². The molecule has 1 amide bonds. The Morgan fingerprint density at radius 1 is 1.24 bits per heavy atom. The Labute approximate surface area is 127 Å². The average Bonchev–Trinajstić information content (AvgIpc) is 2.42. The molecular weight excluding hydrogens is 293 g/mol. The second kappa shape index (κ2) is 6.59. The molecule has 3 nitrogen and oxygen atoms in total. The summed E-state index contributed by atoms with van der Waals surface area (Å²) in [7, 11) is 0. The highest BCUT2D eigenvalue weighted by atomic mass is 35.5. The number of halogens is 2. The number of hydrogen-bond acceptors (Lipinski definition) is 2. The lowest BCUT2D eigenvalue weighted by atomic mass is 10.1. The molecule has 0 radical (unpaired) electrons. The van der Waals surface area contributed by atoms with Crippen molar-refractivity contribution in [3.63, 3.8) is 0 Å². The van der Waals surface area contributed by atoms with Crippen LogP contribution in [0, 0.1) is 19.7 Å². The van der Waals surface area contributed by atoms with Gasteiger partial charge in [-0.2, -0.15) is 0 Å². The Hall–Kier alpha value is -2.07. The minimum Gasteiger partial charge on any atom is -0.484 e. The number of ether oxygens (including phenoxy) is 1. The monoisotopic (exact) mass is 307 g/mol. The van der Waals surface area contributed by atoms with E-state index in [0.29, 0.717) is 16.5 Å². The molecule has 2 aromatic rings. The van der Waals surface area contributed by atoms with E-state index in [1.54, 1.807) is 18.2 Å². The van der Waals surface area contributed by atoms with Crippen LogP contribution in [0.1, 0.15) is 11.1 Å². The first-order valence-corrected chi connectivity index (χ1v) is 6.78. The first-order chi connectivity index (χ1) is 9.95. The molecule has 2 rings (SSSR count). The van der Waals surface area contributed by atoms with Gasteiger partial charge in [-0.25, -0.2) is 4.39 Å². The predicted octanol–water partition coefficient (Wildman–Crippen LogP) is 4.11. The topological polar surface area (TPSA) is 38.3 Å². The number of benzene rings is 2. The maximum Gasteiger partial charge on any atom is 0.262 e. The molecule has 0 saturated carbocycles. The van der Waals surface area contributed by atoms with Gasteiger partial charge in [-0.05, 0) is 55.3 Å². The fraction of sp³-hybridized carbons (Fsp3) is 0.188. The third kappa shape index (κ3) is 4.20. The zero-order chi connectivity index (χ0) is 15.4. The van der Waals surface area contributed by atoms with Crippen molar-refractivity contribution >= 4 is 23.2 Å². The molecule has 0 aliphatic heterocycles. The highest BCUT2D eigenvalue weighted by Crippen LogP contribution is 2.25. The van der Waals surface area contributed by atoms with Crippen LogP contribution in [0.2, 0.25) is 5.02 Å². The number of carbonyl (C=O) groups is 1. The molecule has 21 heavy (non-hydrogen) atoms. The summed E-state index contributed by atoms with van der Waals surface area (Å²) < 4.78 is 18.4. The molecule has 0 spiro atoms. The molecule has 5 heteroatoms. The van der Waals surface area contributed by atoms with Crippen molar-refractivity contribution in [2.45, 2.75) is 13.8 Å². The molecule has 0 aliphatic carbocycles. The van der Waals surface area contributed by atoms with E-state index in [0.717, 1.165) is 11.1 Å². The van der Waals surface area contributed by atoms with Gasteiger partial charge in [-0.1, -0.05) is 17.7 Å². The van der Waals surface area contributed by atoms with Crippen LogP contribution in [0.15, 0.2) is 36.4 Å². The molecule has 0 bridgehead atoms. The number of nitrogens with one attached hydrogen (secondary N) is 1. The summed E-state index contributed by atoms with van der Waals surface area (Å²) in [6.45, 7) is 3.58. The lowest BCUT2D eigenvalue weighted by Gasteiger charge is -2.10. The predicted molar refractivity (Wildman–Crippen MR) is 81.5 cm³/mol. The average molecular weight is 308 g/mol. The molecule has 0 atom stereocenters. The zero-order valence-electron chi connectivity index (χ0n) is 11.7. The molecular formula is C16H15ClFNO2. The van der Waals surface area contributed by atoms with Crippen LogP contribution < -0.4 is 10.1 Å². The fourth-order valence-electron chi connectivity index (χ4n) is 1.90. The van der Waals surface area contributed by atoms with Crippen LogP contribution in [0.3, 0.4) is 0 Å². The van der Waals surface area contributed by atoms with Crippen LogP contribution in [0.25, 0.3) is 0 Å². The van der Waals surface area contributed by atoms with E-state index in [9.17, 15) is 9.18 Å². The summed E-state index contributed by atoms with van der Waals surface area (Å²) in [5.41, 5.74) is 2.17. The largest absolute Gasteiger partial charge is 0.484 e. The second-order valence-electron chi connectivity index (χ2n) is 4.72. The molecule has 0 fully saturated rings. The van der Waals surface area contributed by atoms with Crippen molar-refractivity contribution in [2.75, 3.05) is 11.9 Å². The van der Waals surface area contributed by atoms with E-state index >= 15 is 0 Å². The minimum atomic E-state index is -0.405. The van der Waals surface area contributed by atoms with E-state index < -0.39 is 5.82 Å². The maximum absolute atomic E-state index is 13.0. The van der Waals surface area contributed by atoms with Gasteiger partial charge in [0.05, 0.1) is 0 Å². The molecule has 110 valence electrons. The summed E-state index contributed by atoms with van der Waals surface area (Å²) >= 11 is 6.06. The summed E-state index contributed by atoms with van der Waals surface area (Å²) in [4.78, 5) is 11.7. The highest BCUT2D eigenvalue weighted by molar-refractivity contribution is 6.32. The zero-order valence-corrected chi connectivity index (χ0v) is 12.5. The van der Waals surface area contributed by atoms with Gasteiger partial charge in [0.25, 0.3) is 5.91 Å². The summed E-state index contributed by atoms with van der Waals surface area (Å²) in [5.74, 6) is -0.188. The van der Waals surface area contributed by atoms with Crippen LogP contribution in [-0.4, -0.2) is 12.5 Å². The van der Waals surface area contributed by atoms with Gasteiger partial charge in [0.1, 0.15) is 11.6 Å². The van der Waals surface area contributed by atoms with Gasteiger partial charge >= 0.3 is 0 Å². The Balaban J connectivity index is 1.95. The van der Waals surface area contributed by atoms with E-state index in [-0.39, 0.29) is 12.5 Å². The molecule has 0 aliphatic rings. The highest BCUT2D eigenvalue weighted by Gasteiger charge is 2.07. The van der Waals surface area contributed by atoms with E-state index in [2.05, 4.69) is 5.32 Å². The molecule has 0 aromatic heterocycles. The second-order valence-corrected chi connectivity index (χ2v) is 5.10. The fourth-order valence-corrected chi connectivity index (χ4v) is 2.01. The number of amides is 1. The number of carbonyl (C=O) groups excluding carboxylic acids is 1. The van der Waals surface area contributed by atoms with Gasteiger partial charge in [0.2, 0.25) is 0 Å². The number of anilines is 1. The molecule has 0 saturated heterocycles. The Morgan fingerprint density at radius 3 is 2.52 bits per heavy atom. The summed E-state index contributed by atoms with van der Waals surface area (Å²) in [6.07, 6.45) is 0. The van der Waals surface area contributed by atoms with E-state index in [4.69, 9.17) is 16.3 Å². The molecule has 1 N–H and O–H groups in total. The Bertz CT molecular complexity index is 650. The third-order valence-electron chi connectivity index (χ3n) is 2.89. The van der Waals surface area contributed by atoms with Crippen LogP contribution >= 0.6 is 11.6 Å². The van der Waals surface area contributed by atoms with Gasteiger partial charge in [0, 0.05) is 10.7 Å². The van der Waals surface area contributed by atoms with Gasteiger partial charge in [0.15, 0.2) is 6.61 Å². The third-order valence-corrected chi connectivity index (χ3v) is 3.48. The van der Waals surface area contributed by atoms with Crippen molar-refractivity contribution < 1.29 is 13.9 Å². The first-order valence-electron chi connectivity index (χ1n) is 6.40. The quantitative estimate of drug-likeness (QED) is 0.923. The molecule has 0 unspecified atom stereocenters. The number of hydrogen-bond donors (Lipinski definition) is 1. The van der Waals surface area contributed by atoms with Gasteiger partial charge in [-0.15, -0.1) is 0 Å². The van der Waals surface area contributed by atoms with E-state index in [1.807, 2.05) is 13.8 Å².